The molecule has 1 aromatic rings. The van der Waals surface area contributed by atoms with Gasteiger partial charge in [0.05, 0.1) is 45.4 Å². The molecule has 0 saturated carbocycles. The Morgan fingerprint density at radius 1 is 0.493 bits per heavy atom. The van der Waals surface area contributed by atoms with Gasteiger partial charge in [0.25, 0.3) is 5.91 Å². The molecule has 7 amide bonds. The van der Waals surface area contributed by atoms with Crippen molar-refractivity contribution < 1.29 is 90.6 Å². The summed E-state index contributed by atoms with van der Waals surface area (Å²) in [6.07, 6.45) is 0.465. The van der Waals surface area contributed by atoms with Crippen molar-refractivity contribution in [2.45, 2.75) is 89.1 Å². The fourth-order valence-corrected chi connectivity index (χ4v) is 6.89. The summed E-state index contributed by atoms with van der Waals surface area (Å²) in [5.41, 5.74) is 6.56. The number of rotatable bonds is 42. The molecular formula is C43H68N8O19S. The van der Waals surface area contributed by atoms with E-state index in [-0.39, 0.29) is 117 Å². The summed E-state index contributed by atoms with van der Waals surface area (Å²) >= 11 is 0. The standard InChI is InChI=1S/C43H68N8O19S/c44-31-11-9-30(10-12-31)41(60)48-18-17-45-38(56)28-69-25-23-68-22-20-47-35(53)15-13-32(42(61)62)49-36(54)16-14-33(43(63)64)50-39(57)29-70-26-24-67-21-19-46-34(52)7-5-27-71(65,66)51-37(55)6-3-1-2-4-8-40(58)59/h9-12,32-33H,1-8,13-29,44H2,(H,45,56)(H,46,52)(H,47,53)(H,48,60)(H,49,54)(H,50,57)(H,51,55)(H,58,59)(H,61,62)(H,63,64). The lowest BCUT2D eigenvalue weighted by atomic mass is 10.1. The Morgan fingerprint density at radius 2 is 0.958 bits per heavy atom. The Bertz CT molecular complexity index is 1970. The van der Waals surface area contributed by atoms with Gasteiger partial charge in [0, 0.05) is 69.5 Å². The highest BCUT2D eigenvalue weighted by Gasteiger charge is 2.25. The van der Waals surface area contributed by atoms with E-state index in [2.05, 4.69) is 31.9 Å². The molecule has 71 heavy (non-hydrogen) atoms. The van der Waals surface area contributed by atoms with E-state index in [1.165, 1.54) is 0 Å². The summed E-state index contributed by atoms with van der Waals surface area (Å²) in [6.45, 7) is -0.0451. The first-order chi connectivity index (χ1) is 33.8. The largest absolute Gasteiger partial charge is 0.481 e. The molecule has 400 valence electrons. The van der Waals surface area contributed by atoms with Gasteiger partial charge in [0.2, 0.25) is 45.5 Å². The molecule has 0 spiro atoms. The molecule has 2 atom stereocenters. The summed E-state index contributed by atoms with van der Waals surface area (Å²) in [6, 6.07) is 3.38. The number of carboxylic acids is 3. The van der Waals surface area contributed by atoms with Crippen LogP contribution in [-0.2, 0) is 72.1 Å². The van der Waals surface area contributed by atoms with E-state index in [0.29, 0.717) is 36.9 Å². The number of nitrogens with one attached hydrogen (secondary N) is 7. The van der Waals surface area contributed by atoms with Crippen LogP contribution in [0.2, 0.25) is 0 Å². The smallest absolute Gasteiger partial charge is 0.326 e. The van der Waals surface area contributed by atoms with Crippen LogP contribution in [-0.4, -0.2) is 180 Å². The van der Waals surface area contributed by atoms with Gasteiger partial charge in [-0.05, 0) is 56.4 Å². The normalized spacial score (nSPS) is 11.8. The third-order valence-electron chi connectivity index (χ3n) is 9.47. The Morgan fingerprint density at radius 3 is 1.52 bits per heavy atom. The molecule has 28 heteroatoms. The fraction of sp³-hybridized carbons (Fsp3) is 0.628. The van der Waals surface area contributed by atoms with Crippen molar-refractivity contribution in [2.75, 3.05) is 90.5 Å². The van der Waals surface area contributed by atoms with Crippen molar-refractivity contribution in [2.24, 2.45) is 0 Å². The van der Waals surface area contributed by atoms with Crippen LogP contribution in [0.3, 0.4) is 0 Å². The molecule has 0 aromatic heterocycles. The Balaban J connectivity index is 2.14. The highest BCUT2D eigenvalue weighted by Crippen LogP contribution is 2.07. The number of carbonyl (C=O) groups is 10. The fourth-order valence-electron chi connectivity index (χ4n) is 5.82. The number of nitrogen functional groups attached to an aromatic ring is 1. The number of benzene rings is 1. The molecule has 0 radical (unpaired) electrons. The second-order valence-electron chi connectivity index (χ2n) is 15.5. The van der Waals surface area contributed by atoms with Gasteiger partial charge in [-0.25, -0.2) is 18.0 Å². The van der Waals surface area contributed by atoms with E-state index in [1.54, 1.807) is 24.3 Å². The van der Waals surface area contributed by atoms with Gasteiger partial charge in [-0.3, -0.25) is 43.1 Å². The molecule has 0 fully saturated rings. The average molecular weight is 1030 g/mol. The quantitative estimate of drug-likeness (QED) is 0.0244. The highest BCUT2D eigenvalue weighted by atomic mass is 32.2. The van der Waals surface area contributed by atoms with Crippen molar-refractivity contribution >= 4 is 75.0 Å². The maximum absolute atomic E-state index is 12.5. The minimum atomic E-state index is -3.93. The van der Waals surface area contributed by atoms with Crippen LogP contribution in [0.25, 0.3) is 0 Å². The number of carboxylic acid groups (broad SMARTS) is 3. The minimum Gasteiger partial charge on any atom is -0.481 e. The summed E-state index contributed by atoms with van der Waals surface area (Å²) in [5, 5.41) is 42.4. The molecular weight excluding hydrogens is 965 g/mol. The third kappa shape index (κ3) is 34.5. The first kappa shape index (κ1) is 62.5. The average Bonchev–Trinajstić information content (AvgIpc) is 3.30. The Kier molecular flexibility index (Phi) is 32.9. The van der Waals surface area contributed by atoms with Crippen LogP contribution < -0.4 is 42.4 Å². The number of unbranched alkanes of at least 4 members (excludes halogenated alkanes) is 3. The highest BCUT2D eigenvalue weighted by molar-refractivity contribution is 7.90. The second-order valence-corrected chi connectivity index (χ2v) is 17.3. The van der Waals surface area contributed by atoms with Crippen molar-refractivity contribution in [1.82, 2.24) is 36.6 Å². The number of sulfonamides is 1. The molecule has 0 aliphatic carbocycles. The molecule has 0 bridgehead atoms. The Hall–Kier alpha value is -6.49. The molecule has 1 rings (SSSR count). The van der Waals surface area contributed by atoms with Crippen molar-refractivity contribution in [3.63, 3.8) is 0 Å². The molecule has 27 nitrogen and oxygen atoms in total. The monoisotopic (exact) mass is 1030 g/mol. The van der Waals surface area contributed by atoms with Gasteiger partial charge < -0.3 is 71.9 Å². The van der Waals surface area contributed by atoms with Gasteiger partial charge in [-0.1, -0.05) is 12.8 Å². The van der Waals surface area contributed by atoms with Crippen molar-refractivity contribution in [1.29, 1.82) is 0 Å². The zero-order valence-electron chi connectivity index (χ0n) is 39.5. The SMILES string of the molecule is Nc1ccc(C(=O)NCCNC(=O)COCCOCCNC(=O)CCC(NC(=O)CCC(NC(=O)COCCOCCNC(=O)CCCS(=O)(=O)NC(=O)CCCCCCC(=O)O)C(=O)O)C(=O)O)cc1. The third-order valence-corrected chi connectivity index (χ3v) is 10.8. The topological polar surface area (TPSA) is 413 Å². The number of aliphatic carboxylic acids is 3. The molecule has 0 saturated heterocycles. The number of anilines is 1. The van der Waals surface area contributed by atoms with Crippen LogP contribution in [0.5, 0.6) is 0 Å². The van der Waals surface area contributed by atoms with E-state index < -0.39 is 101 Å². The van der Waals surface area contributed by atoms with Crippen LogP contribution in [0, 0.1) is 0 Å². The molecule has 12 N–H and O–H groups in total. The van der Waals surface area contributed by atoms with Gasteiger partial charge in [0.15, 0.2) is 0 Å². The van der Waals surface area contributed by atoms with Crippen molar-refractivity contribution in [3.05, 3.63) is 29.8 Å². The van der Waals surface area contributed by atoms with Gasteiger partial charge in [-0.2, -0.15) is 0 Å². The van der Waals surface area contributed by atoms with Crippen LogP contribution >= 0.6 is 0 Å². The van der Waals surface area contributed by atoms with E-state index in [1.807, 2.05) is 4.72 Å². The number of ether oxygens (including phenoxy) is 4. The van der Waals surface area contributed by atoms with Crippen molar-refractivity contribution in [3.8, 4) is 0 Å². The lowest BCUT2D eigenvalue weighted by Crippen LogP contribution is -2.45. The predicted molar refractivity (Wildman–Crippen MR) is 250 cm³/mol. The number of nitrogens with two attached hydrogens (primary N) is 1. The second kappa shape index (κ2) is 37.4. The zero-order chi connectivity index (χ0) is 52.9. The lowest BCUT2D eigenvalue weighted by molar-refractivity contribution is -0.144. The molecule has 1 aromatic carbocycles. The molecule has 2 unspecified atom stereocenters. The van der Waals surface area contributed by atoms with Gasteiger partial charge in [0.1, 0.15) is 25.3 Å². The minimum absolute atomic E-state index is 0.00631. The zero-order valence-corrected chi connectivity index (χ0v) is 40.3. The predicted octanol–water partition coefficient (Wildman–Crippen LogP) is -2.24. The maximum atomic E-state index is 12.5. The number of carbonyl (C=O) groups excluding carboxylic acids is 7. The number of hydrogen-bond acceptors (Lipinski definition) is 17. The lowest BCUT2D eigenvalue weighted by Gasteiger charge is -2.17. The first-order valence-corrected chi connectivity index (χ1v) is 24.5. The summed E-state index contributed by atoms with van der Waals surface area (Å²) in [4.78, 5) is 119. The number of amides is 7. The summed E-state index contributed by atoms with van der Waals surface area (Å²) < 4.78 is 47.2. The van der Waals surface area contributed by atoms with Crippen LogP contribution in [0.4, 0.5) is 5.69 Å². The summed E-state index contributed by atoms with van der Waals surface area (Å²) in [7, 11) is -3.93. The Labute approximate surface area is 410 Å². The van der Waals surface area contributed by atoms with E-state index >= 15 is 0 Å². The van der Waals surface area contributed by atoms with E-state index in [4.69, 9.17) is 29.8 Å². The maximum Gasteiger partial charge on any atom is 0.326 e. The van der Waals surface area contributed by atoms with E-state index in [9.17, 15) is 66.6 Å². The molecule has 0 aliphatic heterocycles. The van der Waals surface area contributed by atoms with Gasteiger partial charge in [-0.15, -0.1) is 0 Å². The van der Waals surface area contributed by atoms with E-state index in [0.717, 1.165) is 0 Å². The molecule has 0 aliphatic rings. The number of hydrogen-bond donors (Lipinski definition) is 11. The van der Waals surface area contributed by atoms with Gasteiger partial charge >= 0.3 is 17.9 Å². The molecule has 0 heterocycles. The van der Waals surface area contributed by atoms with Crippen LogP contribution in [0.15, 0.2) is 24.3 Å². The first-order valence-electron chi connectivity index (χ1n) is 22.8. The van der Waals surface area contributed by atoms with Crippen LogP contribution in [0.1, 0.15) is 87.4 Å². The summed E-state index contributed by atoms with van der Waals surface area (Å²) in [5.74, 6) is -8.26.